The Kier molecular flexibility index (Phi) is 1.19. The first kappa shape index (κ1) is 4.48. The fourth-order valence-corrected chi connectivity index (χ4v) is 0.484. The monoisotopic (exact) mass is 96.1 g/mol. The van der Waals surface area contributed by atoms with Crippen LogP contribution in [0.1, 0.15) is 6.92 Å². The fraction of sp³-hybridized carbons (Fsp3) is 0.600. The van der Waals surface area contributed by atoms with E-state index in [4.69, 9.17) is 0 Å². The summed E-state index contributed by atoms with van der Waals surface area (Å²) in [4.78, 5) is 0. The van der Waals surface area contributed by atoms with Crippen LogP contribution in [0.5, 0.6) is 0 Å². The predicted molar refractivity (Wildman–Crippen MR) is 28.2 cm³/mol. The predicted octanol–water partition coefficient (Wildman–Crippen LogP) is -0.213. The Morgan fingerprint density at radius 3 is 3.00 bits per heavy atom. The van der Waals surface area contributed by atoms with Crippen molar-refractivity contribution in [2.45, 2.75) is 6.92 Å². The zero-order valence-electron chi connectivity index (χ0n) is 4.36. The molecule has 1 aliphatic heterocycles. The molecule has 0 aromatic rings. The van der Waals surface area contributed by atoms with Crippen molar-refractivity contribution in [3.8, 4) is 12.0 Å². The van der Waals surface area contributed by atoms with E-state index in [1.165, 1.54) is 0 Å². The van der Waals surface area contributed by atoms with Crippen molar-refractivity contribution >= 4 is 0 Å². The number of nitrogens with zero attached hydrogens (tertiary/aromatic N) is 1. The first-order valence-corrected chi connectivity index (χ1v) is 2.42. The summed E-state index contributed by atoms with van der Waals surface area (Å²) in [6.45, 7) is 3.97. The van der Waals surface area contributed by atoms with Gasteiger partial charge in [-0.1, -0.05) is 12.8 Å². The summed E-state index contributed by atoms with van der Waals surface area (Å²) in [6.07, 6.45) is 0. The maximum absolute atomic E-state index is 2.89. The zero-order chi connectivity index (χ0) is 5.11. The van der Waals surface area contributed by atoms with Crippen molar-refractivity contribution in [3.63, 3.8) is 0 Å². The van der Waals surface area contributed by atoms with Crippen LogP contribution in [0.2, 0.25) is 0 Å². The molecule has 0 aliphatic carbocycles. The lowest BCUT2D eigenvalue weighted by Gasteiger charge is -2.08. The zero-order valence-corrected chi connectivity index (χ0v) is 4.36. The van der Waals surface area contributed by atoms with Gasteiger partial charge in [0.1, 0.15) is 0 Å². The average Bonchev–Trinajstić information content (AvgIpc) is 2.14. The Morgan fingerprint density at radius 1 is 1.86 bits per heavy atom. The van der Waals surface area contributed by atoms with Crippen LogP contribution in [0.4, 0.5) is 0 Å². The van der Waals surface area contributed by atoms with Gasteiger partial charge in [0.25, 0.3) is 0 Å². The van der Waals surface area contributed by atoms with Crippen LogP contribution >= 0.6 is 0 Å². The van der Waals surface area contributed by atoms with Crippen LogP contribution in [0, 0.1) is 12.0 Å². The molecule has 0 amide bonds. The number of hydrogen-bond donors (Lipinski definition) is 1. The molecule has 0 unspecified atom stereocenters. The molecular formula is C5H8N2. The van der Waals surface area contributed by atoms with Gasteiger partial charge in [-0.15, -0.1) is 0 Å². The first-order valence-electron chi connectivity index (χ1n) is 2.42. The van der Waals surface area contributed by atoms with E-state index in [0.717, 1.165) is 13.1 Å². The second-order valence-corrected chi connectivity index (χ2v) is 1.43. The molecule has 0 aromatic carbocycles. The van der Waals surface area contributed by atoms with Crippen molar-refractivity contribution in [2.75, 3.05) is 13.1 Å². The highest BCUT2D eigenvalue weighted by Gasteiger charge is 1.97. The molecule has 1 N–H and O–H groups in total. The molecule has 0 spiro atoms. The van der Waals surface area contributed by atoms with Gasteiger partial charge in [-0.3, -0.25) is 5.43 Å². The smallest absolute Gasteiger partial charge is 0.0815 e. The summed E-state index contributed by atoms with van der Waals surface area (Å²) in [5, 5.41) is 2.01. The molecule has 2 nitrogen and oxygen atoms in total. The van der Waals surface area contributed by atoms with Crippen molar-refractivity contribution in [1.82, 2.24) is 10.4 Å². The van der Waals surface area contributed by atoms with Crippen molar-refractivity contribution in [3.05, 3.63) is 0 Å². The molecular weight excluding hydrogens is 88.1 g/mol. The average molecular weight is 96.1 g/mol. The summed E-state index contributed by atoms with van der Waals surface area (Å²) in [7, 11) is 0. The van der Waals surface area contributed by atoms with Crippen LogP contribution in [-0.2, 0) is 0 Å². The maximum Gasteiger partial charge on any atom is 0.0815 e. The van der Waals surface area contributed by atoms with Crippen LogP contribution < -0.4 is 5.43 Å². The summed E-state index contributed by atoms with van der Waals surface area (Å²) in [6, 6.07) is 2.75. The van der Waals surface area contributed by atoms with Crippen LogP contribution in [0.15, 0.2) is 0 Å². The van der Waals surface area contributed by atoms with Gasteiger partial charge in [0.05, 0.1) is 6.54 Å². The van der Waals surface area contributed by atoms with Gasteiger partial charge >= 0.3 is 0 Å². The fourth-order valence-electron chi connectivity index (χ4n) is 0.484. The minimum absolute atomic E-state index is 0.872. The highest BCUT2D eigenvalue weighted by atomic mass is 15.5. The molecule has 0 fully saturated rings. The van der Waals surface area contributed by atoms with E-state index in [2.05, 4.69) is 24.3 Å². The summed E-state index contributed by atoms with van der Waals surface area (Å²) in [5.74, 6) is 2.89. The molecule has 0 atom stereocenters. The minimum atomic E-state index is 0.872. The number of hydrogen-bond acceptors (Lipinski definition) is 2. The van der Waals surface area contributed by atoms with Crippen LogP contribution in [0.25, 0.3) is 0 Å². The lowest BCUT2D eigenvalue weighted by molar-refractivity contribution is 0.287. The summed E-state index contributed by atoms with van der Waals surface area (Å²) < 4.78 is 0. The summed E-state index contributed by atoms with van der Waals surface area (Å²) >= 11 is 0. The molecule has 7 heavy (non-hydrogen) atoms. The van der Waals surface area contributed by atoms with E-state index in [1.807, 2.05) is 5.01 Å². The maximum atomic E-state index is 2.89. The molecule has 0 saturated carbocycles. The van der Waals surface area contributed by atoms with E-state index in [9.17, 15) is 0 Å². The molecule has 1 heterocycles. The number of rotatable bonds is 1. The van der Waals surface area contributed by atoms with Gasteiger partial charge in [0, 0.05) is 12.6 Å². The van der Waals surface area contributed by atoms with Gasteiger partial charge in [-0.2, -0.15) is 0 Å². The SMILES string of the molecule is CCN1CC#CN1. The van der Waals surface area contributed by atoms with Crippen molar-refractivity contribution < 1.29 is 0 Å². The van der Waals surface area contributed by atoms with E-state index in [-0.39, 0.29) is 0 Å². The molecule has 0 bridgehead atoms. The molecule has 0 aromatic heterocycles. The number of nitrogens with one attached hydrogen (secondary N) is 1. The lowest BCUT2D eigenvalue weighted by atomic mass is 10.6. The Bertz CT molecular complexity index is 99.0. The third-order valence-corrected chi connectivity index (χ3v) is 0.954. The van der Waals surface area contributed by atoms with Gasteiger partial charge in [-0.25, -0.2) is 5.01 Å². The van der Waals surface area contributed by atoms with Crippen LogP contribution in [0.3, 0.4) is 0 Å². The van der Waals surface area contributed by atoms with E-state index >= 15 is 0 Å². The normalized spacial score (nSPS) is 17.9. The number of hydrazine groups is 1. The Labute approximate surface area is 43.5 Å². The molecule has 2 heteroatoms. The Hall–Kier alpha value is -0.680. The van der Waals surface area contributed by atoms with Crippen molar-refractivity contribution in [1.29, 1.82) is 0 Å². The molecule has 0 radical (unpaired) electrons. The lowest BCUT2D eigenvalue weighted by Crippen LogP contribution is -2.30. The second-order valence-electron chi connectivity index (χ2n) is 1.43. The Balaban J connectivity index is 2.25. The summed E-state index contributed by atoms with van der Waals surface area (Å²) in [5.41, 5.74) is 2.88. The first-order chi connectivity index (χ1) is 3.43. The van der Waals surface area contributed by atoms with Gasteiger partial charge in [0.2, 0.25) is 0 Å². The van der Waals surface area contributed by atoms with Gasteiger partial charge in [-0.05, 0) is 0 Å². The molecule has 0 saturated heterocycles. The molecule has 1 aliphatic rings. The van der Waals surface area contributed by atoms with Gasteiger partial charge in [0.15, 0.2) is 0 Å². The second kappa shape index (κ2) is 1.85. The quantitative estimate of drug-likeness (QED) is 0.454. The highest BCUT2D eigenvalue weighted by molar-refractivity contribution is 5.03. The van der Waals surface area contributed by atoms with E-state index in [0.29, 0.717) is 0 Å². The standard InChI is InChI=1S/C5H8N2/c1-2-7-5-3-4-6-7/h6H,2,5H2,1H3. The highest BCUT2D eigenvalue weighted by Crippen LogP contribution is 1.81. The van der Waals surface area contributed by atoms with E-state index < -0.39 is 0 Å². The minimum Gasteiger partial charge on any atom is -0.277 e. The third kappa shape index (κ3) is 0.847. The topological polar surface area (TPSA) is 15.3 Å². The van der Waals surface area contributed by atoms with Crippen molar-refractivity contribution in [2.24, 2.45) is 0 Å². The Morgan fingerprint density at radius 2 is 2.71 bits per heavy atom. The molecule has 1 rings (SSSR count). The van der Waals surface area contributed by atoms with Crippen LogP contribution in [-0.4, -0.2) is 18.1 Å². The third-order valence-electron chi connectivity index (χ3n) is 0.954. The molecule has 38 valence electrons. The van der Waals surface area contributed by atoms with E-state index in [1.54, 1.807) is 0 Å². The van der Waals surface area contributed by atoms with Gasteiger partial charge < -0.3 is 0 Å². The largest absolute Gasteiger partial charge is 0.277 e.